The van der Waals surface area contributed by atoms with Crippen LogP contribution in [0.3, 0.4) is 0 Å². The molecule has 0 aromatic carbocycles. The number of hydrogen-bond donors (Lipinski definition) is 1. The molecule has 2 rings (SSSR count). The normalized spacial score (nSPS) is 9.83. The van der Waals surface area contributed by atoms with Gasteiger partial charge in [0.15, 0.2) is 0 Å². The van der Waals surface area contributed by atoms with E-state index in [0.717, 1.165) is 16.9 Å². The van der Waals surface area contributed by atoms with E-state index in [9.17, 15) is 0 Å². The summed E-state index contributed by atoms with van der Waals surface area (Å²) >= 11 is 0. The summed E-state index contributed by atoms with van der Waals surface area (Å²) < 4.78 is 5.14. The molecule has 2 aromatic rings. The van der Waals surface area contributed by atoms with E-state index in [2.05, 4.69) is 21.9 Å². The molecule has 0 atom stereocenters. The van der Waals surface area contributed by atoms with Crippen molar-refractivity contribution in [2.75, 3.05) is 12.4 Å². The number of methoxy groups -OCH3 is 1. The summed E-state index contributed by atoms with van der Waals surface area (Å²) in [6.07, 6.45) is 5.31. The summed E-state index contributed by atoms with van der Waals surface area (Å²) in [4.78, 5) is 8.36. The van der Waals surface area contributed by atoms with Crippen LogP contribution in [-0.2, 0) is 11.3 Å². The monoisotopic (exact) mass is 241 g/mol. The fraction of sp³-hybridized carbons (Fsp3) is 0.143. The molecule has 0 aliphatic carbocycles. The van der Waals surface area contributed by atoms with Gasteiger partial charge in [0.05, 0.1) is 12.7 Å². The number of anilines is 1. The summed E-state index contributed by atoms with van der Waals surface area (Å²) in [6.45, 7) is 4.51. The first kappa shape index (κ1) is 12.1. The molecular weight excluding hydrogens is 226 g/mol. The highest BCUT2D eigenvalue weighted by molar-refractivity contribution is 5.68. The molecule has 0 unspecified atom stereocenters. The van der Waals surface area contributed by atoms with Gasteiger partial charge >= 0.3 is 0 Å². The lowest BCUT2D eigenvalue weighted by molar-refractivity contribution is 0.371. The predicted molar refractivity (Wildman–Crippen MR) is 71.8 cm³/mol. The fourth-order valence-electron chi connectivity index (χ4n) is 1.57. The predicted octanol–water partition coefficient (Wildman–Crippen LogP) is 2.71. The lowest BCUT2D eigenvalue weighted by atomic mass is 10.2. The third-order valence-electron chi connectivity index (χ3n) is 2.54. The van der Waals surface area contributed by atoms with Gasteiger partial charge < -0.3 is 10.1 Å². The second-order valence-corrected chi connectivity index (χ2v) is 3.74. The smallest absolute Gasteiger partial charge is 0.137 e. The molecule has 2 heterocycles. The first-order valence-corrected chi connectivity index (χ1v) is 5.62. The third-order valence-corrected chi connectivity index (χ3v) is 2.54. The minimum Gasteiger partial charge on any atom is -0.497 e. The van der Waals surface area contributed by atoms with E-state index in [1.165, 1.54) is 0 Å². The summed E-state index contributed by atoms with van der Waals surface area (Å²) in [5.41, 5.74) is 1.96. The minimum atomic E-state index is 0.594. The lowest BCUT2D eigenvalue weighted by Crippen LogP contribution is -2.04. The Morgan fingerprint density at radius 1 is 1.33 bits per heavy atom. The molecule has 0 spiro atoms. The largest absolute Gasteiger partial charge is 0.497 e. The van der Waals surface area contributed by atoms with Crippen molar-refractivity contribution in [1.82, 2.24) is 9.97 Å². The Labute approximate surface area is 106 Å². The minimum absolute atomic E-state index is 0.594. The molecule has 18 heavy (non-hydrogen) atoms. The zero-order valence-electron chi connectivity index (χ0n) is 10.3. The van der Waals surface area contributed by atoms with Crippen LogP contribution in [0.4, 0.5) is 5.82 Å². The molecule has 4 nitrogen and oxygen atoms in total. The maximum absolute atomic E-state index is 5.14. The van der Waals surface area contributed by atoms with Crippen molar-refractivity contribution in [2.45, 2.75) is 6.54 Å². The van der Waals surface area contributed by atoms with Crippen molar-refractivity contribution in [2.24, 2.45) is 0 Å². The van der Waals surface area contributed by atoms with Crippen LogP contribution in [0.5, 0.6) is 0 Å². The number of aromatic nitrogens is 2. The van der Waals surface area contributed by atoms with Crippen molar-refractivity contribution >= 4 is 11.6 Å². The summed E-state index contributed by atoms with van der Waals surface area (Å²) in [5, 5.41) is 3.25. The third kappa shape index (κ3) is 2.85. The van der Waals surface area contributed by atoms with Gasteiger partial charge in [0, 0.05) is 25.1 Å². The van der Waals surface area contributed by atoms with Crippen LogP contribution in [0.1, 0.15) is 11.1 Å². The first-order chi connectivity index (χ1) is 8.81. The Kier molecular flexibility index (Phi) is 3.91. The van der Waals surface area contributed by atoms with Gasteiger partial charge in [-0.1, -0.05) is 12.6 Å². The number of nitrogens with zero attached hydrogens (tertiary/aromatic N) is 2. The maximum atomic E-state index is 5.14. The van der Waals surface area contributed by atoms with Crippen molar-refractivity contribution < 1.29 is 4.74 Å². The van der Waals surface area contributed by atoms with E-state index in [0.29, 0.717) is 12.3 Å². The van der Waals surface area contributed by atoms with Gasteiger partial charge in [-0.25, -0.2) is 4.98 Å². The highest BCUT2D eigenvalue weighted by Gasteiger charge is 2.06. The molecule has 0 bridgehead atoms. The second kappa shape index (κ2) is 5.82. The highest BCUT2D eigenvalue weighted by atomic mass is 16.5. The van der Waals surface area contributed by atoms with Gasteiger partial charge in [0.2, 0.25) is 0 Å². The zero-order chi connectivity index (χ0) is 12.8. The average molecular weight is 241 g/mol. The van der Waals surface area contributed by atoms with Crippen molar-refractivity contribution in [3.63, 3.8) is 0 Å². The maximum Gasteiger partial charge on any atom is 0.137 e. The zero-order valence-corrected chi connectivity index (χ0v) is 10.3. The van der Waals surface area contributed by atoms with Crippen LogP contribution in [0.25, 0.3) is 5.76 Å². The molecule has 1 N–H and O–H groups in total. The Hall–Kier alpha value is -2.36. The van der Waals surface area contributed by atoms with E-state index >= 15 is 0 Å². The quantitative estimate of drug-likeness (QED) is 0.818. The van der Waals surface area contributed by atoms with Crippen LogP contribution in [-0.4, -0.2) is 17.1 Å². The molecule has 2 aromatic heterocycles. The molecule has 0 fully saturated rings. The van der Waals surface area contributed by atoms with Gasteiger partial charge in [0.1, 0.15) is 11.6 Å². The SMILES string of the molecule is C=C(OC)c1cccnc1NCc1cccnc1. The Morgan fingerprint density at radius 3 is 2.89 bits per heavy atom. The fourth-order valence-corrected chi connectivity index (χ4v) is 1.57. The molecule has 0 aliphatic rings. The van der Waals surface area contributed by atoms with Crippen LogP contribution in [0.2, 0.25) is 0 Å². The lowest BCUT2D eigenvalue weighted by Gasteiger charge is -2.11. The van der Waals surface area contributed by atoms with Crippen molar-refractivity contribution in [3.8, 4) is 0 Å². The molecule has 0 saturated heterocycles. The van der Waals surface area contributed by atoms with E-state index in [-0.39, 0.29) is 0 Å². The number of pyridine rings is 2. The van der Waals surface area contributed by atoms with Crippen LogP contribution in [0.15, 0.2) is 49.4 Å². The summed E-state index contributed by atoms with van der Waals surface area (Å²) in [7, 11) is 1.60. The van der Waals surface area contributed by atoms with E-state index in [1.54, 1.807) is 19.5 Å². The number of nitrogens with one attached hydrogen (secondary N) is 1. The molecule has 0 saturated carbocycles. The average Bonchev–Trinajstić information content (AvgIpc) is 2.45. The molecule has 4 heteroatoms. The van der Waals surface area contributed by atoms with Crippen LogP contribution >= 0.6 is 0 Å². The van der Waals surface area contributed by atoms with Gasteiger partial charge in [-0.05, 0) is 23.8 Å². The number of rotatable bonds is 5. The van der Waals surface area contributed by atoms with E-state index in [4.69, 9.17) is 4.74 Å². The Balaban J connectivity index is 2.12. The van der Waals surface area contributed by atoms with Crippen molar-refractivity contribution in [1.29, 1.82) is 0 Å². The van der Waals surface area contributed by atoms with Crippen molar-refractivity contribution in [3.05, 3.63) is 60.6 Å². The van der Waals surface area contributed by atoms with Gasteiger partial charge in [-0.3, -0.25) is 4.98 Å². The highest BCUT2D eigenvalue weighted by Crippen LogP contribution is 2.20. The van der Waals surface area contributed by atoms with E-state index < -0.39 is 0 Å². The molecule has 92 valence electrons. The molecule has 0 aliphatic heterocycles. The number of hydrogen-bond acceptors (Lipinski definition) is 4. The summed E-state index contributed by atoms with van der Waals surface area (Å²) in [5.74, 6) is 1.35. The van der Waals surface area contributed by atoms with Gasteiger partial charge in [-0.2, -0.15) is 0 Å². The first-order valence-electron chi connectivity index (χ1n) is 5.62. The van der Waals surface area contributed by atoms with E-state index in [1.807, 2.05) is 30.5 Å². The van der Waals surface area contributed by atoms with Crippen LogP contribution < -0.4 is 5.32 Å². The van der Waals surface area contributed by atoms with Crippen LogP contribution in [0, 0.1) is 0 Å². The van der Waals surface area contributed by atoms with Gasteiger partial charge in [0.25, 0.3) is 0 Å². The van der Waals surface area contributed by atoms with Gasteiger partial charge in [-0.15, -0.1) is 0 Å². The standard InChI is InChI=1S/C14H15N3O/c1-11(18-2)13-6-4-8-16-14(13)17-10-12-5-3-7-15-9-12/h3-9H,1,10H2,2H3,(H,16,17). The topological polar surface area (TPSA) is 47.0 Å². The Morgan fingerprint density at radius 2 is 2.17 bits per heavy atom. The summed E-state index contributed by atoms with van der Waals surface area (Å²) in [6, 6.07) is 7.69. The molecule has 0 radical (unpaired) electrons. The molecular formula is C14H15N3O. The number of ether oxygens (including phenoxy) is 1. The second-order valence-electron chi connectivity index (χ2n) is 3.74. The molecule has 0 amide bonds. The Bertz CT molecular complexity index is 526.